The van der Waals surface area contributed by atoms with Crippen molar-refractivity contribution >= 4 is 10.0 Å². The maximum atomic E-state index is 11.8. The second kappa shape index (κ2) is 6.41. The summed E-state index contributed by atoms with van der Waals surface area (Å²) in [5.74, 6) is -0.580. The molecule has 0 spiro atoms. The minimum atomic E-state index is -4.34. The molecule has 0 aliphatic heterocycles. The van der Waals surface area contributed by atoms with Gasteiger partial charge in [-0.15, -0.1) is 0 Å². The highest BCUT2D eigenvalue weighted by molar-refractivity contribution is 7.89. The molecule has 0 amide bonds. The van der Waals surface area contributed by atoms with Crippen LogP contribution in [0.3, 0.4) is 0 Å². The van der Waals surface area contributed by atoms with Gasteiger partial charge in [0, 0.05) is 12.5 Å². The molecule has 8 heteroatoms. The summed E-state index contributed by atoms with van der Waals surface area (Å²) < 4.78 is 60.0. The summed E-state index contributed by atoms with van der Waals surface area (Å²) in [5, 5.41) is 8.74. The molecule has 2 N–H and O–H groups in total. The fraction of sp³-hybridized carbons (Fsp3) is 1.00. The van der Waals surface area contributed by atoms with Gasteiger partial charge in [-0.25, -0.2) is 13.1 Å². The van der Waals surface area contributed by atoms with E-state index in [2.05, 4.69) is 4.72 Å². The molecule has 0 radical (unpaired) electrons. The highest BCUT2D eigenvalue weighted by atomic mass is 32.2. The number of alkyl halides is 3. The molecule has 98 valence electrons. The zero-order chi connectivity index (χ0) is 12.8. The summed E-state index contributed by atoms with van der Waals surface area (Å²) in [6.45, 7) is 1.30. The normalized spacial score (nSPS) is 15.1. The molecule has 0 saturated heterocycles. The number of halogens is 3. The molecule has 0 fully saturated rings. The van der Waals surface area contributed by atoms with Crippen molar-refractivity contribution in [1.29, 1.82) is 0 Å². The molecule has 0 rings (SSSR count). The number of aliphatic hydroxyl groups excluding tert-OH is 1. The lowest BCUT2D eigenvalue weighted by molar-refractivity contribution is -0.134. The Kier molecular flexibility index (Phi) is 6.27. The second-order valence-electron chi connectivity index (χ2n) is 3.44. The first-order chi connectivity index (χ1) is 7.20. The van der Waals surface area contributed by atoms with Gasteiger partial charge in [0.2, 0.25) is 10.0 Å². The van der Waals surface area contributed by atoms with Crippen LogP contribution in [0.1, 0.15) is 26.2 Å². The average Bonchev–Trinajstić information content (AvgIpc) is 2.11. The van der Waals surface area contributed by atoms with Crippen LogP contribution in [0.4, 0.5) is 13.2 Å². The van der Waals surface area contributed by atoms with Crippen molar-refractivity contribution in [1.82, 2.24) is 4.72 Å². The Hall–Kier alpha value is -0.340. The minimum Gasteiger partial charge on any atom is -0.395 e. The minimum absolute atomic E-state index is 0.366. The molecule has 4 nitrogen and oxygen atoms in total. The van der Waals surface area contributed by atoms with E-state index in [9.17, 15) is 21.6 Å². The van der Waals surface area contributed by atoms with E-state index in [0.717, 1.165) is 0 Å². The van der Waals surface area contributed by atoms with Crippen LogP contribution >= 0.6 is 0 Å². The van der Waals surface area contributed by atoms with Crippen molar-refractivity contribution in [2.75, 3.05) is 12.4 Å². The average molecular weight is 263 g/mol. The highest BCUT2D eigenvalue weighted by Gasteiger charge is 2.27. The molecule has 0 aliphatic rings. The Morgan fingerprint density at radius 2 is 1.94 bits per heavy atom. The molecule has 0 bridgehead atoms. The lowest BCUT2D eigenvalue weighted by Gasteiger charge is -2.14. The van der Waals surface area contributed by atoms with Crippen LogP contribution in [-0.4, -0.2) is 38.1 Å². The van der Waals surface area contributed by atoms with E-state index in [0.29, 0.717) is 6.42 Å². The largest absolute Gasteiger partial charge is 0.395 e. The molecule has 16 heavy (non-hydrogen) atoms. The third kappa shape index (κ3) is 7.89. The Morgan fingerprint density at radius 1 is 1.38 bits per heavy atom. The standard InChI is InChI=1S/C8H16F3NO3S/c1-2-7(6-13)12-16(14,15)5-3-4-8(9,10)11/h7,12-13H,2-6H2,1H3/t7-/m0/s1. The molecule has 1 atom stereocenters. The Labute approximate surface area is 92.9 Å². The maximum Gasteiger partial charge on any atom is 0.389 e. The first kappa shape index (κ1) is 15.7. The van der Waals surface area contributed by atoms with E-state index < -0.39 is 40.8 Å². The van der Waals surface area contributed by atoms with Gasteiger partial charge in [-0.3, -0.25) is 0 Å². The molecule has 0 aromatic heterocycles. The molecule has 0 aliphatic carbocycles. The van der Waals surface area contributed by atoms with Gasteiger partial charge in [0.05, 0.1) is 12.4 Å². The van der Waals surface area contributed by atoms with Crippen molar-refractivity contribution in [2.45, 2.75) is 38.4 Å². The fourth-order valence-electron chi connectivity index (χ4n) is 1.03. The van der Waals surface area contributed by atoms with Crippen molar-refractivity contribution in [3.63, 3.8) is 0 Å². The smallest absolute Gasteiger partial charge is 0.389 e. The zero-order valence-electron chi connectivity index (χ0n) is 8.92. The van der Waals surface area contributed by atoms with Crippen LogP contribution in [-0.2, 0) is 10.0 Å². The predicted octanol–water partition coefficient (Wildman–Crippen LogP) is 1.02. The van der Waals surface area contributed by atoms with Crippen LogP contribution < -0.4 is 4.72 Å². The van der Waals surface area contributed by atoms with E-state index in [1.807, 2.05) is 0 Å². The van der Waals surface area contributed by atoms with E-state index in [4.69, 9.17) is 5.11 Å². The van der Waals surface area contributed by atoms with Crippen LogP contribution in [0.15, 0.2) is 0 Å². The molecule has 0 aromatic rings. The van der Waals surface area contributed by atoms with E-state index in [-0.39, 0.29) is 6.61 Å². The van der Waals surface area contributed by atoms with Crippen LogP contribution in [0.5, 0.6) is 0 Å². The van der Waals surface area contributed by atoms with Gasteiger partial charge in [-0.2, -0.15) is 13.2 Å². The quantitative estimate of drug-likeness (QED) is 0.720. The maximum absolute atomic E-state index is 11.8. The molecule has 0 aromatic carbocycles. The van der Waals surface area contributed by atoms with Gasteiger partial charge in [0.25, 0.3) is 0 Å². The molecular weight excluding hydrogens is 247 g/mol. The zero-order valence-corrected chi connectivity index (χ0v) is 9.74. The lowest BCUT2D eigenvalue weighted by Crippen LogP contribution is -2.38. The number of rotatable bonds is 7. The molecule has 0 saturated carbocycles. The number of aliphatic hydroxyl groups is 1. The Morgan fingerprint density at radius 3 is 2.31 bits per heavy atom. The van der Waals surface area contributed by atoms with E-state index >= 15 is 0 Å². The number of sulfonamides is 1. The molecule has 0 unspecified atom stereocenters. The summed E-state index contributed by atoms with van der Waals surface area (Å²) >= 11 is 0. The first-order valence-electron chi connectivity index (χ1n) is 4.88. The summed E-state index contributed by atoms with van der Waals surface area (Å²) in [5.41, 5.74) is 0. The topological polar surface area (TPSA) is 66.4 Å². The Balaban J connectivity index is 4.06. The number of hydrogen-bond acceptors (Lipinski definition) is 3. The van der Waals surface area contributed by atoms with Crippen molar-refractivity contribution in [2.24, 2.45) is 0 Å². The van der Waals surface area contributed by atoms with Crippen LogP contribution in [0, 0.1) is 0 Å². The number of hydrogen-bond donors (Lipinski definition) is 2. The van der Waals surface area contributed by atoms with Crippen LogP contribution in [0.2, 0.25) is 0 Å². The summed E-state index contributed by atoms with van der Waals surface area (Å²) in [4.78, 5) is 0. The monoisotopic (exact) mass is 263 g/mol. The molecule has 0 heterocycles. The van der Waals surface area contributed by atoms with E-state index in [1.54, 1.807) is 6.92 Å². The van der Waals surface area contributed by atoms with Gasteiger partial charge in [0.1, 0.15) is 0 Å². The third-order valence-corrected chi connectivity index (χ3v) is 3.45. The van der Waals surface area contributed by atoms with E-state index in [1.165, 1.54) is 0 Å². The van der Waals surface area contributed by atoms with Crippen molar-refractivity contribution in [3.05, 3.63) is 0 Å². The predicted molar refractivity (Wildman–Crippen MR) is 53.4 cm³/mol. The van der Waals surface area contributed by atoms with Crippen LogP contribution in [0.25, 0.3) is 0 Å². The van der Waals surface area contributed by atoms with Gasteiger partial charge < -0.3 is 5.11 Å². The van der Waals surface area contributed by atoms with Crippen molar-refractivity contribution in [3.8, 4) is 0 Å². The fourth-order valence-corrected chi connectivity index (χ4v) is 2.42. The van der Waals surface area contributed by atoms with Gasteiger partial charge in [-0.05, 0) is 12.8 Å². The summed E-state index contributed by atoms with van der Waals surface area (Å²) in [7, 11) is -3.74. The SMILES string of the molecule is CC[C@@H](CO)NS(=O)(=O)CCCC(F)(F)F. The third-order valence-electron chi connectivity index (χ3n) is 1.93. The van der Waals surface area contributed by atoms with Crippen molar-refractivity contribution < 1.29 is 26.7 Å². The van der Waals surface area contributed by atoms with Gasteiger partial charge in [-0.1, -0.05) is 6.92 Å². The second-order valence-corrected chi connectivity index (χ2v) is 5.32. The number of nitrogens with one attached hydrogen (secondary N) is 1. The highest BCUT2D eigenvalue weighted by Crippen LogP contribution is 2.21. The molecular formula is C8H16F3NO3S. The summed E-state index contributed by atoms with van der Waals surface area (Å²) in [6, 6.07) is -0.629. The lowest BCUT2D eigenvalue weighted by atomic mass is 10.3. The Bertz CT molecular complexity index is 285. The summed E-state index contributed by atoms with van der Waals surface area (Å²) in [6.07, 6.45) is -5.55. The van der Waals surface area contributed by atoms with Gasteiger partial charge >= 0.3 is 6.18 Å². The van der Waals surface area contributed by atoms with Gasteiger partial charge in [0.15, 0.2) is 0 Å². The first-order valence-corrected chi connectivity index (χ1v) is 6.53.